The number of hydrogen-bond acceptors (Lipinski definition) is 1. The first-order valence-corrected chi connectivity index (χ1v) is 6.28. The van der Waals surface area contributed by atoms with Crippen LogP contribution in [0.1, 0.15) is 18.4 Å². The Balaban J connectivity index is 1.71. The van der Waals surface area contributed by atoms with Gasteiger partial charge in [-0.25, -0.2) is 4.39 Å². The van der Waals surface area contributed by atoms with Gasteiger partial charge in [0, 0.05) is 0 Å². The maximum Gasteiger partial charge on any atom is 0.123 e. The van der Waals surface area contributed by atoms with Crippen molar-refractivity contribution in [2.24, 2.45) is 17.8 Å². The van der Waals surface area contributed by atoms with E-state index in [9.17, 15) is 4.39 Å². The van der Waals surface area contributed by atoms with Gasteiger partial charge in [0.15, 0.2) is 0 Å². The number of rotatable bonds is 2. The first-order chi connectivity index (χ1) is 7.83. The quantitative estimate of drug-likeness (QED) is 0.806. The average molecular weight is 219 g/mol. The van der Waals surface area contributed by atoms with Gasteiger partial charge in [-0.15, -0.1) is 0 Å². The second kappa shape index (κ2) is 4.17. The first kappa shape index (κ1) is 10.3. The lowest BCUT2D eigenvalue weighted by atomic mass is 9.87. The summed E-state index contributed by atoms with van der Waals surface area (Å²) in [5.74, 6) is 2.39. The highest BCUT2D eigenvalue weighted by Crippen LogP contribution is 2.40. The van der Waals surface area contributed by atoms with Crippen molar-refractivity contribution < 1.29 is 4.39 Å². The van der Waals surface area contributed by atoms with Gasteiger partial charge in [-0.1, -0.05) is 12.1 Å². The van der Waals surface area contributed by atoms with Gasteiger partial charge in [0.2, 0.25) is 0 Å². The minimum atomic E-state index is -0.100. The molecule has 0 spiro atoms. The van der Waals surface area contributed by atoms with Crippen LogP contribution in [-0.2, 0) is 6.42 Å². The fourth-order valence-corrected chi connectivity index (χ4v) is 3.48. The molecule has 1 saturated heterocycles. The molecule has 0 amide bonds. The second-order valence-corrected chi connectivity index (χ2v) is 5.25. The zero-order valence-corrected chi connectivity index (χ0v) is 9.45. The van der Waals surface area contributed by atoms with E-state index >= 15 is 0 Å². The fraction of sp³-hybridized carbons (Fsp3) is 0.571. The molecule has 16 heavy (non-hydrogen) atoms. The Hall–Kier alpha value is -0.890. The molecule has 3 unspecified atom stereocenters. The van der Waals surface area contributed by atoms with Crippen LogP contribution in [0.4, 0.5) is 4.39 Å². The van der Waals surface area contributed by atoms with Gasteiger partial charge in [0.05, 0.1) is 0 Å². The van der Waals surface area contributed by atoms with Crippen LogP contribution < -0.4 is 5.32 Å². The summed E-state index contributed by atoms with van der Waals surface area (Å²) in [5.41, 5.74) is 1.16. The molecule has 3 atom stereocenters. The average Bonchev–Trinajstić information content (AvgIpc) is 2.83. The SMILES string of the molecule is Fc1cccc(CC2CCC3CNCC32)c1. The Kier molecular flexibility index (Phi) is 2.68. The van der Waals surface area contributed by atoms with Gasteiger partial charge in [-0.2, -0.15) is 0 Å². The lowest BCUT2D eigenvalue weighted by Gasteiger charge is -2.17. The van der Waals surface area contributed by atoms with Crippen molar-refractivity contribution in [2.75, 3.05) is 13.1 Å². The minimum Gasteiger partial charge on any atom is -0.316 e. The van der Waals surface area contributed by atoms with E-state index in [-0.39, 0.29) is 5.82 Å². The van der Waals surface area contributed by atoms with Crippen LogP contribution in [0.5, 0.6) is 0 Å². The van der Waals surface area contributed by atoms with Crippen LogP contribution in [0.3, 0.4) is 0 Å². The molecule has 0 aromatic heterocycles. The lowest BCUT2D eigenvalue weighted by molar-refractivity contribution is 0.374. The summed E-state index contributed by atoms with van der Waals surface area (Å²) in [6, 6.07) is 7.09. The first-order valence-electron chi connectivity index (χ1n) is 6.28. The molecule has 1 aliphatic heterocycles. The van der Waals surface area contributed by atoms with E-state index in [1.807, 2.05) is 6.07 Å². The maximum atomic E-state index is 13.1. The third-order valence-electron chi connectivity index (χ3n) is 4.29. The molecule has 86 valence electrons. The summed E-state index contributed by atoms with van der Waals surface area (Å²) in [7, 11) is 0. The molecule has 2 heteroatoms. The van der Waals surface area contributed by atoms with Crippen molar-refractivity contribution in [2.45, 2.75) is 19.3 Å². The van der Waals surface area contributed by atoms with Crippen LogP contribution in [0.25, 0.3) is 0 Å². The molecular weight excluding hydrogens is 201 g/mol. The van der Waals surface area contributed by atoms with Gasteiger partial charge in [-0.3, -0.25) is 0 Å². The summed E-state index contributed by atoms with van der Waals surface area (Å²) < 4.78 is 13.1. The molecule has 1 nitrogen and oxygen atoms in total. The largest absolute Gasteiger partial charge is 0.316 e. The van der Waals surface area contributed by atoms with Crippen LogP contribution in [0.2, 0.25) is 0 Å². The van der Waals surface area contributed by atoms with Gasteiger partial charge in [-0.05, 0) is 67.8 Å². The van der Waals surface area contributed by atoms with Gasteiger partial charge < -0.3 is 5.32 Å². The van der Waals surface area contributed by atoms with Gasteiger partial charge in [0.25, 0.3) is 0 Å². The smallest absolute Gasteiger partial charge is 0.123 e. The highest BCUT2D eigenvalue weighted by molar-refractivity contribution is 5.17. The molecule has 1 N–H and O–H groups in total. The van der Waals surface area contributed by atoms with Crippen molar-refractivity contribution in [1.29, 1.82) is 0 Å². The number of nitrogens with one attached hydrogen (secondary N) is 1. The highest BCUT2D eigenvalue weighted by Gasteiger charge is 2.38. The monoisotopic (exact) mass is 219 g/mol. The highest BCUT2D eigenvalue weighted by atomic mass is 19.1. The molecule has 1 aliphatic carbocycles. The maximum absolute atomic E-state index is 13.1. The summed E-state index contributed by atoms with van der Waals surface area (Å²) >= 11 is 0. The Morgan fingerprint density at radius 2 is 2.19 bits per heavy atom. The molecule has 1 heterocycles. The van der Waals surface area contributed by atoms with E-state index < -0.39 is 0 Å². The van der Waals surface area contributed by atoms with E-state index in [1.165, 1.54) is 32.0 Å². The van der Waals surface area contributed by atoms with Crippen LogP contribution in [0, 0.1) is 23.6 Å². The third-order valence-corrected chi connectivity index (χ3v) is 4.29. The van der Waals surface area contributed by atoms with E-state index in [0.29, 0.717) is 0 Å². The zero-order chi connectivity index (χ0) is 11.0. The molecule has 2 fully saturated rings. The van der Waals surface area contributed by atoms with E-state index in [1.54, 1.807) is 6.07 Å². The number of halogens is 1. The molecule has 0 radical (unpaired) electrons. The van der Waals surface area contributed by atoms with E-state index in [4.69, 9.17) is 0 Å². The lowest BCUT2D eigenvalue weighted by Crippen LogP contribution is -2.17. The van der Waals surface area contributed by atoms with Crippen molar-refractivity contribution >= 4 is 0 Å². The molecule has 1 saturated carbocycles. The number of benzene rings is 1. The third kappa shape index (κ3) is 1.86. The molecule has 3 rings (SSSR count). The predicted molar refractivity (Wildman–Crippen MR) is 62.7 cm³/mol. The van der Waals surface area contributed by atoms with E-state index in [0.717, 1.165) is 29.7 Å². The van der Waals surface area contributed by atoms with Gasteiger partial charge in [0.1, 0.15) is 5.82 Å². The summed E-state index contributed by atoms with van der Waals surface area (Å²) in [6.07, 6.45) is 3.74. The van der Waals surface area contributed by atoms with Crippen molar-refractivity contribution in [3.8, 4) is 0 Å². The minimum absolute atomic E-state index is 0.100. The fourth-order valence-electron chi connectivity index (χ4n) is 3.48. The zero-order valence-electron chi connectivity index (χ0n) is 9.45. The van der Waals surface area contributed by atoms with Crippen LogP contribution in [0.15, 0.2) is 24.3 Å². The predicted octanol–water partition coefficient (Wildman–Crippen LogP) is 2.61. The van der Waals surface area contributed by atoms with Crippen LogP contribution in [-0.4, -0.2) is 13.1 Å². The van der Waals surface area contributed by atoms with Crippen molar-refractivity contribution in [3.63, 3.8) is 0 Å². The summed E-state index contributed by atoms with van der Waals surface area (Å²) in [4.78, 5) is 0. The number of hydrogen-bond donors (Lipinski definition) is 1. The Morgan fingerprint density at radius 1 is 1.25 bits per heavy atom. The van der Waals surface area contributed by atoms with Gasteiger partial charge >= 0.3 is 0 Å². The standard InChI is InChI=1S/C14H18FN/c15-13-3-1-2-10(7-13)6-11-4-5-12-8-16-9-14(11)12/h1-3,7,11-12,14,16H,4-6,8-9H2. The molecule has 1 aromatic carbocycles. The Bertz CT molecular complexity index is 377. The van der Waals surface area contributed by atoms with Crippen molar-refractivity contribution in [3.05, 3.63) is 35.6 Å². The van der Waals surface area contributed by atoms with Crippen LogP contribution >= 0.6 is 0 Å². The molecular formula is C14H18FN. The summed E-state index contributed by atoms with van der Waals surface area (Å²) in [5, 5.41) is 3.48. The topological polar surface area (TPSA) is 12.0 Å². The second-order valence-electron chi connectivity index (χ2n) is 5.25. The Labute approximate surface area is 96.1 Å². The Morgan fingerprint density at radius 3 is 3.06 bits per heavy atom. The molecule has 1 aromatic rings. The normalized spacial score (nSPS) is 32.9. The van der Waals surface area contributed by atoms with Crippen molar-refractivity contribution in [1.82, 2.24) is 5.32 Å². The molecule has 0 bridgehead atoms. The summed E-state index contributed by atoms with van der Waals surface area (Å²) in [6.45, 7) is 2.37. The van der Waals surface area contributed by atoms with E-state index in [2.05, 4.69) is 11.4 Å². The molecule has 2 aliphatic rings. The number of fused-ring (bicyclic) bond motifs is 1.